The largest absolute Gasteiger partial charge is 0.493 e. The minimum absolute atomic E-state index is 0.0886. The first-order valence-electron chi connectivity index (χ1n) is 8.96. The van der Waals surface area contributed by atoms with Crippen molar-refractivity contribution in [1.82, 2.24) is 14.7 Å². The van der Waals surface area contributed by atoms with Gasteiger partial charge in [0.1, 0.15) is 0 Å². The van der Waals surface area contributed by atoms with Gasteiger partial charge in [0, 0.05) is 37.8 Å². The third-order valence-electron chi connectivity index (χ3n) is 4.45. The maximum absolute atomic E-state index is 12.8. The Morgan fingerprint density at radius 3 is 2.37 bits per heavy atom. The number of nitrogens with zero attached hydrogens (tertiary/aromatic N) is 3. The number of carbonyl (C=O) groups excluding carboxylic acids is 1. The van der Waals surface area contributed by atoms with Crippen molar-refractivity contribution in [2.45, 2.75) is 39.3 Å². The lowest BCUT2D eigenvalue weighted by Gasteiger charge is -2.26. The van der Waals surface area contributed by atoms with E-state index in [0.717, 1.165) is 11.1 Å². The van der Waals surface area contributed by atoms with Crippen LogP contribution in [-0.2, 0) is 24.8 Å². The van der Waals surface area contributed by atoms with Crippen LogP contribution >= 0.6 is 0 Å². The minimum Gasteiger partial charge on any atom is -0.493 e. The van der Waals surface area contributed by atoms with Crippen LogP contribution in [0, 0.1) is 0 Å². The summed E-state index contributed by atoms with van der Waals surface area (Å²) in [4.78, 5) is 14.7. The van der Waals surface area contributed by atoms with Crippen LogP contribution in [0.15, 0.2) is 24.5 Å². The molecule has 148 valence electrons. The lowest BCUT2D eigenvalue weighted by Crippen LogP contribution is -2.36. The molecule has 0 fully saturated rings. The molecule has 2 rings (SSSR count). The zero-order valence-electron chi connectivity index (χ0n) is 17.0. The zero-order valence-corrected chi connectivity index (χ0v) is 17.0. The molecule has 0 N–H and O–H groups in total. The third-order valence-corrected chi connectivity index (χ3v) is 4.45. The molecule has 0 aliphatic heterocycles. The molecular formula is C20H29N3O4. The number of hydrogen-bond acceptors (Lipinski definition) is 5. The lowest BCUT2D eigenvalue weighted by atomic mass is 10.1. The number of benzene rings is 1. The van der Waals surface area contributed by atoms with E-state index < -0.39 is 0 Å². The molecule has 1 amide bonds. The van der Waals surface area contributed by atoms with Crippen molar-refractivity contribution in [2.75, 3.05) is 21.3 Å². The number of ether oxygens (including phenoxy) is 3. The molecule has 7 heteroatoms. The van der Waals surface area contributed by atoms with Crippen LogP contribution in [-0.4, -0.2) is 48.0 Å². The number of rotatable bonds is 9. The summed E-state index contributed by atoms with van der Waals surface area (Å²) in [6, 6.07) is 3.84. The van der Waals surface area contributed by atoms with Gasteiger partial charge in [0.2, 0.25) is 11.7 Å². The average Bonchev–Trinajstić information content (AvgIpc) is 3.07. The zero-order chi connectivity index (χ0) is 20.0. The first-order chi connectivity index (χ1) is 12.9. The lowest BCUT2D eigenvalue weighted by molar-refractivity contribution is -0.133. The molecule has 27 heavy (non-hydrogen) atoms. The highest BCUT2D eigenvalue weighted by Gasteiger charge is 2.20. The Labute approximate surface area is 160 Å². The Balaban J connectivity index is 2.12. The molecule has 0 aliphatic carbocycles. The molecule has 0 saturated carbocycles. The van der Waals surface area contributed by atoms with Crippen molar-refractivity contribution in [3.05, 3.63) is 35.7 Å². The van der Waals surface area contributed by atoms with E-state index >= 15 is 0 Å². The average molecular weight is 375 g/mol. The number of methoxy groups -OCH3 is 3. The molecule has 2 aromatic rings. The van der Waals surface area contributed by atoms with E-state index in [1.165, 1.54) is 0 Å². The summed E-state index contributed by atoms with van der Waals surface area (Å²) in [5, 5.41) is 4.18. The molecule has 0 aliphatic rings. The fourth-order valence-corrected chi connectivity index (χ4v) is 3.05. The predicted molar refractivity (Wildman–Crippen MR) is 103 cm³/mol. The van der Waals surface area contributed by atoms with Gasteiger partial charge in [-0.25, -0.2) is 0 Å². The van der Waals surface area contributed by atoms with E-state index in [9.17, 15) is 4.79 Å². The van der Waals surface area contributed by atoms with Gasteiger partial charge in [0.05, 0.1) is 27.5 Å². The van der Waals surface area contributed by atoms with Crippen molar-refractivity contribution >= 4 is 5.91 Å². The first kappa shape index (κ1) is 20.6. The van der Waals surface area contributed by atoms with Gasteiger partial charge in [-0.15, -0.1) is 0 Å². The second-order valence-corrected chi connectivity index (χ2v) is 6.63. The molecule has 0 spiro atoms. The van der Waals surface area contributed by atoms with Gasteiger partial charge in [-0.2, -0.15) is 5.10 Å². The van der Waals surface area contributed by atoms with Crippen molar-refractivity contribution in [2.24, 2.45) is 7.05 Å². The number of aromatic nitrogens is 2. The monoisotopic (exact) mass is 375 g/mol. The predicted octanol–water partition coefficient (Wildman–Crippen LogP) is 2.82. The van der Waals surface area contributed by atoms with Crippen molar-refractivity contribution in [3.8, 4) is 17.2 Å². The highest BCUT2D eigenvalue weighted by molar-refractivity contribution is 5.77. The molecule has 0 radical (unpaired) electrons. The number of aryl methyl sites for hydroxylation is 2. The van der Waals surface area contributed by atoms with Gasteiger partial charge in [-0.1, -0.05) is 6.07 Å². The molecule has 1 heterocycles. The Kier molecular flexibility index (Phi) is 7.10. The number of amides is 1. The van der Waals surface area contributed by atoms with E-state index in [1.807, 2.05) is 44.1 Å². The molecule has 1 aromatic carbocycles. The van der Waals surface area contributed by atoms with Gasteiger partial charge >= 0.3 is 0 Å². The van der Waals surface area contributed by atoms with Crippen molar-refractivity contribution in [1.29, 1.82) is 0 Å². The van der Waals surface area contributed by atoms with Gasteiger partial charge in [0.25, 0.3) is 0 Å². The smallest absolute Gasteiger partial charge is 0.223 e. The number of hydrogen-bond donors (Lipinski definition) is 0. The molecule has 0 bridgehead atoms. The molecular weight excluding hydrogens is 346 g/mol. The topological polar surface area (TPSA) is 65.8 Å². The minimum atomic E-state index is 0.0886. The van der Waals surface area contributed by atoms with Crippen LogP contribution in [0.4, 0.5) is 0 Å². The summed E-state index contributed by atoms with van der Waals surface area (Å²) >= 11 is 0. The quantitative estimate of drug-likeness (QED) is 0.674. The summed E-state index contributed by atoms with van der Waals surface area (Å²) in [7, 11) is 6.61. The van der Waals surface area contributed by atoms with E-state index in [4.69, 9.17) is 14.2 Å². The van der Waals surface area contributed by atoms with Crippen LogP contribution in [0.2, 0.25) is 0 Å². The fourth-order valence-electron chi connectivity index (χ4n) is 3.05. The van der Waals surface area contributed by atoms with E-state index in [-0.39, 0.29) is 11.9 Å². The van der Waals surface area contributed by atoms with Crippen molar-refractivity contribution in [3.63, 3.8) is 0 Å². The van der Waals surface area contributed by atoms with Crippen LogP contribution < -0.4 is 14.2 Å². The van der Waals surface area contributed by atoms with E-state index in [1.54, 1.807) is 32.2 Å². The van der Waals surface area contributed by atoms with Crippen LogP contribution in [0.1, 0.15) is 31.4 Å². The summed E-state index contributed by atoms with van der Waals surface area (Å²) in [6.07, 6.45) is 4.66. The molecule has 0 saturated heterocycles. The summed E-state index contributed by atoms with van der Waals surface area (Å²) < 4.78 is 18.0. The summed E-state index contributed by atoms with van der Waals surface area (Å²) in [6.45, 7) is 4.59. The Bertz CT molecular complexity index is 771. The van der Waals surface area contributed by atoms with Crippen molar-refractivity contribution < 1.29 is 19.0 Å². The second-order valence-electron chi connectivity index (χ2n) is 6.63. The van der Waals surface area contributed by atoms with E-state index in [0.29, 0.717) is 36.6 Å². The second kappa shape index (κ2) is 9.30. The third kappa shape index (κ3) is 4.93. The van der Waals surface area contributed by atoms with Crippen LogP contribution in [0.25, 0.3) is 0 Å². The Morgan fingerprint density at radius 2 is 1.85 bits per heavy atom. The van der Waals surface area contributed by atoms with Gasteiger partial charge in [0.15, 0.2) is 11.5 Å². The van der Waals surface area contributed by atoms with Gasteiger partial charge in [-0.3, -0.25) is 9.48 Å². The standard InChI is InChI=1S/C20H29N3O4/c1-14(2)23(13-15-11-21-22(3)12-15)18(24)10-8-16-7-9-17(25-4)20(27-6)19(16)26-5/h7,9,11-12,14H,8,10,13H2,1-6H3. The summed E-state index contributed by atoms with van der Waals surface area (Å²) in [5.74, 6) is 1.84. The Hall–Kier alpha value is -2.70. The SMILES string of the molecule is COc1ccc(CCC(=O)N(Cc2cnn(C)c2)C(C)C)c(OC)c1OC. The maximum atomic E-state index is 12.8. The van der Waals surface area contributed by atoms with E-state index in [2.05, 4.69) is 5.10 Å². The maximum Gasteiger partial charge on any atom is 0.223 e. The molecule has 0 atom stereocenters. The van der Waals surface area contributed by atoms with Gasteiger partial charge < -0.3 is 19.1 Å². The summed E-state index contributed by atoms with van der Waals surface area (Å²) in [5.41, 5.74) is 1.93. The highest BCUT2D eigenvalue weighted by Crippen LogP contribution is 2.40. The normalized spacial score (nSPS) is 10.8. The fraction of sp³-hybridized carbons (Fsp3) is 0.500. The highest BCUT2D eigenvalue weighted by atomic mass is 16.5. The van der Waals surface area contributed by atoms with Gasteiger partial charge in [-0.05, 0) is 31.9 Å². The Morgan fingerprint density at radius 1 is 1.15 bits per heavy atom. The number of carbonyl (C=O) groups is 1. The van der Waals surface area contributed by atoms with Crippen LogP contribution in [0.5, 0.6) is 17.2 Å². The van der Waals surface area contributed by atoms with Crippen LogP contribution in [0.3, 0.4) is 0 Å². The molecule has 7 nitrogen and oxygen atoms in total. The molecule has 0 unspecified atom stereocenters. The first-order valence-corrected chi connectivity index (χ1v) is 8.96. The molecule has 1 aromatic heterocycles.